The predicted octanol–water partition coefficient (Wildman–Crippen LogP) is -0.987. The van der Waals surface area contributed by atoms with Crippen LogP contribution in [0.1, 0.15) is 10.4 Å². The van der Waals surface area contributed by atoms with Crippen LogP contribution in [0.3, 0.4) is 0 Å². The molecule has 0 aromatic carbocycles. The van der Waals surface area contributed by atoms with Crippen LogP contribution in [0, 0.1) is 0 Å². The molecule has 0 aliphatic carbocycles. The summed E-state index contributed by atoms with van der Waals surface area (Å²) >= 11 is 3.65. The molecule has 1 heterocycles. The maximum atomic E-state index is 10.7. The van der Waals surface area contributed by atoms with E-state index in [0.29, 0.717) is 5.56 Å². The molecule has 1 atom stereocenters. The molecule has 1 rings (SSSR count). The number of thiol groups is 1. The number of carboxylic acids is 1. The zero-order chi connectivity index (χ0) is 13.3. The van der Waals surface area contributed by atoms with Crippen molar-refractivity contribution in [2.24, 2.45) is 11.6 Å². The summed E-state index contributed by atoms with van der Waals surface area (Å²) in [7, 11) is 0. The number of rotatable bonds is 3. The number of carbonyl (C=O) groups excluding carboxylic acids is 1. The zero-order valence-corrected chi connectivity index (χ0v) is 9.80. The minimum atomic E-state index is -1.00. The Morgan fingerprint density at radius 3 is 2.29 bits per heavy atom. The molecule has 0 saturated heterocycles. The third kappa shape index (κ3) is 6.51. The first-order valence-electron chi connectivity index (χ1n) is 4.53. The third-order valence-electron chi connectivity index (χ3n) is 1.59. The number of nitrogens with zero attached hydrogens (tertiary/aromatic N) is 1. The van der Waals surface area contributed by atoms with Crippen LogP contribution in [-0.4, -0.2) is 33.8 Å². The number of hydrazine groups is 1. The summed E-state index contributed by atoms with van der Waals surface area (Å²) in [6.45, 7) is 0. The Balaban J connectivity index is 0.000000325. The Hall–Kier alpha value is -1.64. The number of nitrogens with one attached hydrogen (secondary N) is 1. The molecule has 0 radical (unpaired) electrons. The normalized spacial score (nSPS) is 10.8. The topological polar surface area (TPSA) is 131 Å². The van der Waals surface area contributed by atoms with Crippen molar-refractivity contribution in [2.75, 3.05) is 5.75 Å². The number of nitrogens with two attached hydrogens (primary N) is 2. The van der Waals surface area contributed by atoms with Gasteiger partial charge in [-0.3, -0.25) is 20.0 Å². The van der Waals surface area contributed by atoms with E-state index >= 15 is 0 Å². The van der Waals surface area contributed by atoms with Crippen molar-refractivity contribution < 1.29 is 14.7 Å². The smallest absolute Gasteiger partial charge is 0.321 e. The highest BCUT2D eigenvalue weighted by atomic mass is 32.1. The first-order chi connectivity index (χ1) is 8.02. The molecule has 0 spiro atoms. The first kappa shape index (κ1) is 15.4. The fourth-order valence-corrected chi connectivity index (χ4v) is 0.821. The van der Waals surface area contributed by atoms with Crippen LogP contribution < -0.4 is 17.0 Å². The Kier molecular flexibility index (Phi) is 7.68. The van der Waals surface area contributed by atoms with Crippen LogP contribution in [0.15, 0.2) is 24.5 Å². The molecule has 0 aliphatic heterocycles. The molecular weight excluding hydrogens is 244 g/mol. The molecular formula is C9H14N4O3S. The third-order valence-corrected chi connectivity index (χ3v) is 1.98. The summed E-state index contributed by atoms with van der Waals surface area (Å²) in [6, 6.07) is 2.35. The molecule has 1 aromatic rings. The van der Waals surface area contributed by atoms with Gasteiger partial charge in [-0.1, -0.05) is 0 Å². The van der Waals surface area contributed by atoms with Crippen LogP contribution in [-0.2, 0) is 4.79 Å². The Labute approximate surface area is 104 Å². The van der Waals surface area contributed by atoms with Crippen molar-refractivity contribution in [3.05, 3.63) is 30.1 Å². The van der Waals surface area contributed by atoms with E-state index in [-0.39, 0.29) is 11.7 Å². The SMILES string of the molecule is NNC(=O)c1ccncc1.N[C@@H](CS)C(=O)O. The first-order valence-corrected chi connectivity index (χ1v) is 5.16. The Bertz CT molecular complexity index is 361. The van der Waals surface area contributed by atoms with Gasteiger partial charge in [0, 0.05) is 23.7 Å². The molecule has 0 saturated carbocycles. The van der Waals surface area contributed by atoms with Crippen molar-refractivity contribution in [3.8, 4) is 0 Å². The van der Waals surface area contributed by atoms with E-state index in [2.05, 4.69) is 17.6 Å². The van der Waals surface area contributed by atoms with Gasteiger partial charge in [0.25, 0.3) is 5.91 Å². The number of aliphatic carboxylic acids is 1. The number of hydrogen-bond acceptors (Lipinski definition) is 6. The molecule has 7 nitrogen and oxygen atoms in total. The zero-order valence-electron chi connectivity index (χ0n) is 8.91. The van der Waals surface area contributed by atoms with E-state index in [0.717, 1.165) is 0 Å². The van der Waals surface area contributed by atoms with Gasteiger partial charge < -0.3 is 10.8 Å². The van der Waals surface area contributed by atoms with E-state index < -0.39 is 12.0 Å². The summed E-state index contributed by atoms with van der Waals surface area (Å²) in [5.74, 6) is 3.77. The predicted molar refractivity (Wildman–Crippen MR) is 65.4 cm³/mol. The maximum Gasteiger partial charge on any atom is 0.321 e. The fraction of sp³-hybridized carbons (Fsp3) is 0.222. The van der Waals surface area contributed by atoms with E-state index in [1.165, 1.54) is 12.4 Å². The second-order valence-corrected chi connectivity index (χ2v) is 3.20. The summed E-state index contributed by atoms with van der Waals surface area (Å²) in [5, 5.41) is 8.01. The van der Waals surface area contributed by atoms with Crippen molar-refractivity contribution in [3.63, 3.8) is 0 Å². The van der Waals surface area contributed by atoms with Crippen LogP contribution in [0.2, 0.25) is 0 Å². The monoisotopic (exact) mass is 258 g/mol. The van der Waals surface area contributed by atoms with Gasteiger partial charge in [-0.15, -0.1) is 0 Å². The maximum absolute atomic E-state index is 10.7. The molecule has 0 bridgehead atoms. The Morgan fingerprint density at radius 2 is 2.00 bits per heavy atom. The summed E-state index contributed by atoms with van der Waals surface area (Å²) in [6.07, 6.45) is 3.06. The Morgan fingerprint density at radius 1 is 1.47 bits per heavy atom. The van der Waals surface area contributed by atoms with Gasteiger partial charge in [-0.2, -0.15) is 12.6 Å². The number of carbonyl (C=O) groups is 2. The van der Waals surface area contributed by atoms with Gasteiger partial charge in [0.1, 0.15) is 6.04 Å². The number of aromatic nitrogens is 1. The van der Waals surface area contributed by atoms with Crippen molar-refractivity contribution in [1.29, 1.82) is 0 Å². The molecule has 0 aliphatic rings. The van der Waals surface area contributed by atoms with Gasteiger partial charge in [-0.05, 0) is 12.1 Å². The minimum Gasteiger partial charge on any atom is -0.480 e. The van der Waals surface area contributed by atoms with Crippen LogP contribution in [0.4, 0.5) is 0 Å². The van der Waals surface area contributed by atoms with Gasteiger partial charge in [0.2, 0.25) is 0 Å². The number of nitrogen functional groups attached to an aromatic ring is 1. The van der Waals surface area contributed by atoms with E-state index in [1.807, 2.05) is 5.43 Å². The van der Waals surface area contributed by atoms with E-state index in [1.54, 1.807) is 12.1 Å². The molecule has 94 valence electrons. The van der Waals surface area contributed by atoms with Gasteiger partial charge in [-0.25, -0.2) is 5.84 Å². The quantitative estimate of drug-likeness (QED) is 0.205. The second kappa shape index (κ2) is 8.50. The second-order valence-electron chi connectivity index (χ2n) is 2.84. The van der Waals surface area contributed by atoms with Gasteiger partial charge >= 0.3 is 5.97 Å². The van der Waals surface area contributed by atoms with Crippen LogP contribution in [0.25, 0.3) is 0 Å². The minimum absolute atomic E-state index is 0.190. The number of hydrogen-bond donors (Lipinski definition) is 5. The summed E-state index contributed by atoms with van der Waals surface area (Å²) < 4.78 is 0. The fourth-order valence-electron chi connectivity index (χ4n) is 0.665. The van der Waals surface area contributed by atoms with Crippen LogP contribution in [0.5, 0.6) is 0 Å². The standard InChI is InChI=1S/C6H7N3O.C3H7NO2S/c7-9-6(10)5-1-3-8-4-2-5;4-2(1-7)3(5)6/h1-4H,7H2,(H,9,10);2,7H,1,4H2,(H,5,6)/t;2-/m.0/s1. The van der Waals surface area contributed by atoms with E-state index in [9.17, 15) is 9.59 Å². The summed E-state index contributed by atoms with van der Waals surface area (Å²) in [4.78, 5) is 24.2. The molecule has 0 fully saturated rings. The summed E-state index contributed by atoms with van der Waals surface area (Å²) in [5.41, 5.74) is 7.47. The highest BCUT2D eigenvalue weighted by Crippen LogP contribution is 1.93. The average molecular weight is 258 g/mol. The van der Waals surface area contributed by atoms with Crippen molar-refractivity contribution in [2.45, 2.75) is 6.04 Å². The molecule has 6 N–H and O–H groups in total. The average Bonchev–Trinajstić information content (AvgIpc) is 2.38. The number of carboxylic acid groups (broad SMARTS) is 1. The largest absolute Gasteiger partial charge is 0.480 e. The van der Waals surface area contributed by atoms with Gasteiger partial charge in [0.15, 0.2) is 0 Å². The highest BCUT2D eigenvalue weighted by Gasteiger charge is 2.06. The lowest BCUT2D eigenvalue weighted by Gasteiger charge is -1.96. The molecule has 17 heavy (non-hydrogen) atoms. The molecule has 1 amide bonds. The van der Waals surface area contributed by atoms with Crippen molar-refractivity contribution in [1.82, 2.24) is 10.4 Å². The highest BCUT2D eigenvalue weighted by molar-refractivity contribution is 7.80. The number of amides is 1. The van der Waals surface area contributed by atoms with Crippen LogP contribution >= 0.6 is 12.6 Å². The lowest BCUT2D eigenvalue weighted by molar-refractivity contribution is -0.137. The lowest BCUT2D eigenvalue weighted by atomic mass is 10.3. The molecule has 0 unspecified atom stereocenters. The number of pyridine rings is 1. The van der Waals surface area contributed by atoms with Gasteiger partial charge in [0.05, 0.1) is 0 Å². The lowest BCUT2D eigenvalue weighted by Crippen LogP contribution is -2.31. The van der Waals surface area contributed by atoms with Crippen molar-refractivity contribution >= 4 is 24.5 Å². The molecule has 1 aromatic heterocycles. The van der Waals surface area contributed by atoms with E-state index in [4.69, 9.17) is 16.7 Å². The molecule has 8 heteroatoms.